The molecular formula is C19H22N2O2S. The molecule has 1 aromatic carbocycles. The van der Waals surface area contributed by atoms with Crippen molar-refractivity contribution in [3.8, 4) is 10.6 Å². The second kappa shape index (κ2) is 5.97. The van der Waals surface area contributed by atoms with Crippen LogP contribution in [-0.2, 0) is 11.3 Å². The summed E-state index contributed by atoms with van der Waals surface area (Å²) in [6.07, 6.45) is 2.93. The van der Waals surface area contributed by atoms with E-state index in [1.165, 1.54) is 5.56 Å². The zero-order valence-corrected chi connectivity index (χ0v) is 14.7. The maximum absolute atomic E-state index is 11.8. The van der Waals surface area contributed by atoms with Crippen LogP contribution in [-0.4, -0.2) is 34.0 Å². The van der Waals surface area contributed by atoms with Gasteiger partial charge in [0.2, 0.25) is 0 Å². The van der Waals surface area contributed by atoms with Crippen LogP contribution in [0.15, 0.2) is 29.6 Å². The molecule has 4 nitrogen and oxygen atoms in total. The van der Waals surface area contributed by atoms with Gasteiger partial charge in [0.1, 0.15) is 5.01 Å². The minimum Gasteiger partial charge on any atom is -0.481 e. The number of hydrogen-bond donors (Lipinski definition) is 1. The Morgan fingerprint density at radius 2 is 2.21 bits per heavy atom. The first-order valence-electron chi connectivity index (χ1n) is 8.54. The molecule has 2 heterocycles. The van der Waals surface area contributed by atoms with Crippen LogP contribution < -0.4 is 0 Å². The predicted octanol–water partition coefficient (Wildman–Crippen LogP) is 3.81. The number of carboxylic acid groups (broad SMARTS) is 1. The first kappa shape index (κ1) is 15.8. The van der Waals surface area contributed by atoms with E-state index in [1.807, 2.05) is 0 Å². The molecule has 1 aliphatic heterocycles. The molecule has 2 aromatic rings. The highest BCUT2D eigenvalue weighted by Gasteiger charge is 2.54. The standard InChI is InChI=1S/C19H22N2O2S/c1-13-4-6-14(7-5-13)17-20-16(11-24-17)10-21-9-15-3-2-8-19(15,12-21)18(22)23/h4-7,11,15H,2-3,8-10,12H2,1H3,(H,22,23)/t15-,19+/m0/s1. The molecular weight excluding hydrogens is 320 g/mol. The number of thiazole rings is 1. The largest absolute Gasteiger partial charge is 0.481 e. The SMILES string of the molecule is Cc1ccc(-c2nc(CN3C[C@@H]4CCC[C@@]4(C(=O)O)C3)cs2)cc1. The monoisotopic (exact) mass is 342 g/mol. The summed E-state index contributed by atoms with van der Waals surface area (Å²) in [6, 6.07) is 8.43. The molecule has 1 aliphatic carbocycles. The van der Waals surface area contributed by atoms with Gasteiger partial charge in [-0.2, -0.15) is 0 Å². The molecule has 1 saturated carbocycles. The fourth-order valence-corrected chi connectivity index (χ4v) is 5.12. The fraction of sp³-hybridized carbons (Fsp3) is 0.474. The van der Waals surface area contributed by atoms with Gasteiger partial charge in [-0.15, -0.1) is 11.3 Å². The average Bonchev–Trinajstić information content (AvgIpc) is 3.22. The number of fused-ring (bicyclic) bond motifs is 1. The van der Waals surface area contributed by atoms with E-state index in [2.05, 4.69) is 41.5 Å². The van der Waals surface area contributed by atoms with Crippen molar-refractivity contribution in [3.05, 3.63) is 40.9 Å². The normalized spacial score (nSPS) is 26.6. The molecule has 126 valence electrons. The van der Waals surface area contributed by atoms with E-state index in [0.29, 0.717) is 12.5 Å². The van der Waals surface area contributed by atoms with Gasteiger partial charge in [0.25, 0.3) is 0 Å². The van der Waals surface area contributed by atoms with Gasteiger partial charge >= 0.3 is 5.97 Å². The molecule has 0 amide bonds. The minimum absolute atomic E-state index is 0.310. The van der Waals surface area contributed by atoms with Gasteiger partial charge < -0.3 is 5.11 Å². The second-order valence-electron chi connectivity index (χ2n) is 7.23. The van der Waals surface area contributed by atoms with E-state index in [1.54, 1.807) is 11.3 Å². The summed E-state index contributed by atoms with van der Waals surface area (Å²) in [5, 5.41) is 12.8. The van der Waals surface area contributed by atoms with E-state index in [-0.39, 0.29) is 0 Å². The summed E-state index contributed by atoms with van der Waals surface area (Å²) in [5.41, 5.74) is 2.95. The predicted molar refractivity (Wildman–Crippen MR) is 95.0 cm³/mol. The Hall–Kier alpha value is -1.72. The first-order chi connectivity index (χ1) is 11.6. The number of carboxylic acids is 1. The second-order valence-corrected chi connectivity index (χ2v) is 8.09. The summed E-state index contributed by atoms with van der Waals surface area (Å²) >= 11 is 1.66. The Balaban J connectivity index is 1.47. The number of aliphatic carboxylic acids is 1. The lowest BCUT2D eigenvalue weighted by atomic mass is 9.81. The summed E-state index contributed by atoms with van der Waals surface area (Å²) in [7, 11) is 0. The van der Waals surface area contributed by atoms with E-state index >= 15 is 0 Å². The van der Waals surface area contributed by atoms with E-state index in [4.69, 9.17) is 4.98 Å². The lowest BCUT2D eigenvalue weighted by Gasteiger charge is -2.23. The molecule has 24 heavy (non-hydrogen) atoms. The fourth-order valence-electron chi connectivity index (χ4n) is 4.30. The first-order valence-corrected chi connectivity index (χ1v) is 9.42. The van der Waals surface area contributed by atoms with Crippen LogP contribution in [0, 0.1) is 18.3 Å². The van der Waals surface area contributed by atoms with Gasteiger partial charge in [0.15, 0.2) is 0 Å². The highest BCUT2D eigenvalue weighted by atomic mass is 32.1. The molecule has 1 saturated heterocycles. The van der Waals surface area contributed by atoms with Gasteiger partial charge in [-0.1, -0.05) is 36.2 Å². The third-order valence-electron chi connectivity index (χ3n) is 5.60. The van der Waals surface area contributed by atoms with Crippen molar-refractivity contribution in [2.24, 2.45) is 11.3 Å². The summed E-state index contributed by atoms with van der Waals surface area (Å²) in [6.45, 7) is 4.40. The van der Waals surface area contributed by atoms with Crippen molar-refractivity contribution in [1.82, 2.24) is 9.88 Å². The van der Waals surface area contributed by atoms with Crippen molar-refractivity contribution in [2.75, 3.05) is 13.1 Å². The molecule has 2 aliphatic rings. The zero-order chi connectivity index (χ0) is 16.7. The van der Waals surface area contributed by atoms with Crippen molar-refractivity contribution in [1.29, 1.82) is 0 Å². The van der Waals surface area contributed by atoms with Crippen LogP contribution in [0.1, 0.15) is 30.5 Å². The van der Waals surface area contributed by atoms with Crippen molar-refractivity contribution >= 4 is 17.3 Å². The van der Waals surface area contributed by atoms with Crippen LogP contribution in [0.2, 0.25) is 0 Å². The number of rotatable bonds is 4. The molecule has 0 radical (unpaired) electrons. The maximum Gasteiger partial charge on any atom is 0.311 e. The lowest BCUT2D eigenvalue weighted by molar-refractivity contribution is -0.149. The number of likely N-dealkylation sites (tertiary alicyclic amines) is 1. The van der Waals surface area contributed by atoms with Crippen LogP contribution in [0.25, 0.3) is 10.6 Å². The molecule has 5 heteroatoms. The minimum atomic E-state index is -0.605. The van der Waals surface area contributed by atoms with Crippen molar-refractivity contribution < 1.29 is 9.90 Å². The molecule has 1 N–H and O–H groups in total. The summed E-state index contributed by atoms with van der Waals surface area (Å²) < 4.78 is 0. The molecule has 2 atom stereocenters. The summed E-state index contributed by atoms with van der Waals surface area (Å²) in [4.78, 5) is 18.8. The third-order valence-corrected chi connectivity index (χ3v) is 6.54. The maximum atomic E-state index is 11.8. The number of carbonyl (C=O) groups is 1. The van der Waals surface area contributed by atoms with Gasteiger partial charge in [-0.05, 0) is 25.7 Å². The highest BCUT2D eigenvalue weighted by Crippen LogP contribution is 2.49. The van der Waals surface area contributed by atoms with E-state index < -0.39 is 11.4 Å². The number of aromatic nitrogens is 1. The van der Waals surface area contributed by atoms with E-state index in [0.717, 1.165) is 48.6 Å². The van der Waals surface area contributed by atoms with Crippen LogP contribution in [0.3, 0.4) is 0 Å². The molecule has 0 unspecified atom stereocenters. The van der Waals surface area contributed by atoms with Crippen molar-refractivity contribution in [3.63, 3.8) is 0 Å². The third kappa shape index (κ3) is 2.66. The Morgan fingerprint density at radius 1 is 1.42 bits per heavy atom. The summed E-state index contributed by atoms with van der Waals surface area (Å²) in [5.74, 6) is -0.295. The topological polar surface area (TPSA) is 53.4 Å². The van der Waals surface area contributed by atoms with Crippen LogP contribution in [0.4, 0.5) is 0 Å². The number of nitrogens with zero attached hydrogens (tertiary/aromatic N) is 2. The lowest BCUT2D eigenvalue weighted by Crippen LogP contribution is -2.35. The highest BCUT2D eigenvalue weighted by molar-refractivity contribution is 7.13. The van der Waals surface area contributed by atoms with E-state index in [9.17, 15) is 9.90 Å². The smallest absolute Gasteiger partial charge is 0.311 e. The van der Waals surface area contributed by atoms with Gasteiger partial charge in [-0.25, -0.2) is 4.98 Å². The van der Waals surface area contributed by atoms with Crippen LogP contribution >= 0.6 is 11.3 Å². The molecule has 1 aromatic heterocycles. The molecule has 0 bridgehead atoms. The van der Waals surface area contributed by atoms with Gasteiger partial charge in [-0.3, -0.25) is 9.69 Å². The average molecular weight is 342 g/mol. The number of benzene rings is 1. The van der Waals surface area contributed by atoms with Gasteiger partial charge in [0, 0.05) is 30.6 Å². The van der Waals surface area contributed by atoms with Gasteiger partial charge in [0.05, 0.1) is 11.1 Å². The number of hydrogen-bond acceptors (Lipinski definition) is 4. The Bertz CT molecular complexity index is 755. The molecule has 4 rings (SSSR count). The quantitative estimate of drug-likeness (QED) is 0.918. The molecule has 2 fully saturated rings. The van der Waals surface area contributed by atoms with Crippen LogP contribution in [0.5, 0.6) is 0 Å². The molecule has 0 spiro atoms. The zero-order valence-electron chi connectivity index (χ0n) is 13.9. The Kier molecular flexibility index (Phi) is 3.93. The Labute approximate surface area is 146 Å². The number of aryl methyl sites for hydroxylation is 1. The van der Waals surface area contributed by atoms with Crippen molar-refractivity contribution in [2.45, 2.75) is 32.7 Å². The Morgan fingerprint density at radius 3 is 2.92 bits per heavy atom.